The Morgan fingerprint density at radius 1 is 1.16 bits per heavy atom. The molecule has 32 heavy (non-hydrogen) atoms. The minimum absolute atomic E-state index is 0.0193. The molecule has 1 amide bonds. The molecule has 6 nitrogen and oxygen atoms in total. The van der Waals surface area contributed by atoms with Gasteiger partial charge in [-0.25, -0.2) is 14.4 Å². The summed E-state index contributed by atoms with van der Waals surface area (Å²) in [7, 11) is 0. The second-order valence-corrected chi connectivity index (χ2v) is 8.67. The van der Waals surface area contributed by atoms with Gasteiger partial charge in [0.15, 0.2) is 0 Å². The van der Waals surface area contributed by atoms with Crippen molar-refractivity contribution in [1.29, 1.82) is 0 Å². The first-order valence-electron chi connectivity index (χ1n) is 10.4. The molecule has 0 radical (unpaired) electrons. The number of aryl methyl sites for hydroxylation is 1. The number of amides is 1. The zero-order valence-corrected chi connectivity index (χ0v) is 18.3. The van der Waals surface area contributed by atoms with Crippen molar-refractivity contribution < 1.29 is 14.3 Å². The molecule has 164 valence electrons. The molecule has 0 aliphatic heterocycles. The van der Waals surface area contributed by atoms with Crippen LogP contribution in [0.3, 0.4) is 0 Å². The van der Waals surface area contributed by atoms with Crippen LogP contribution in [0.15, 0.2) is 61.1 Å². The summed E-state index contributed by atoms with van der Waals surface area (Å²) in [6, 6.07) is 12.0. The fourth-order valence-corrected chi connectivity index (χ4v) is 3.46. The molecule has 0 atom stereocenters. The van der Waals surface area contributed by atoms with Gasteiger partial charge in [0.05, 0.1) is 5.52 Å². The lowest BCUT2D eigenvalue weighted by Crippen LogP contribution is -2.36. The molecule has 0 fully saturated rings. The summed E-state index contributed by atoms with van der Waals surface area (Å²) in [4.78, 5) is 21.6. The fourth-order valence-electron chi connectivity index (χ4n) is 3.46. The SMILES string of the molecule is Cc1cn(-c2ncc(-c3ccccc3F)cn2)c2cc(C(=O)NCC(C)(C)CO)ccc12. The van der Waals surface area contributed by atoms with Crippen molar-refractivity contribution >= 4 is 16.8 Å². The van der Waals surface area contributed by atoms with Gasteiger partial charge in [0.2, 0.25) is 5.95 Å². The highest BCUT2D eigenvalue weighted by Gasteiger charge is 2.19. The molecule has 0 aliphatic carbocycles. The van der Waals surface area contributed by atoms with Gasteiger partial charge in [-0.1, -0.05) is 38.1 Å². The number of fused-ring (bicyclic) bond motifs is 1. The number of hydrogen-bond donors (Lipinski definition) is 2. The monoisotopic (exact) mass is 432 g/mol. The Bertz CT molecular complexity index is 1280. The zero-order chi connectivity index (χ0) is 22.9. The van der Waals surface area contributed by atoms with Crippen molar-refractivity contribution in [3.05, 3.63) is 78.0 Å². The van der Waals surface area contributed by atoms with Gasteiger partial charge in [-0.2, -0.15) is 0 Å². The second-order valence-electron chi connectivity index (χ2n) is 8.67. The third kappa shape index (κ3) is 4.24. The lowest BCUT2D eigenvalue weighted by molar-refractivity contribution is 0.0911. The van der Waals surface area contributed by atoms with E-state index in [1.807, 2.05) is 37.6 Å². The molecular weight excluding hydrogens is 407 g/mol. The van der Waals surface area contributed by atoms with Crippen molar-refractivity contribution in [1.82, 2.24) is 19.9 Å². The number of aliphatic hydroxyl groups excluding tert-OH is 1. The Labute approximate surface area is 185 Å². The van der Waals surface area contributed by atoms with Gasteiger partial charge in [0, 0.05) is 59.2 Å². The van der Waals surface area contributed by atoms with E-state index in [1.165, 1.54) is 6.07 Å². The van der Waals surface area contributed by atoms with Gasteiger partial charge >= 0.3 is 0 Å². The summed E-state index contributed by atoms with van der Waals surface area (Å²) >= 11 is 0. The Hall–Kier alpha value is -3.58. The quantitative estimate of drug-likeness (QED) is 0.477. The highest BCUT2D eigenvalue weighted by Crippen LogP contribution is 2.26. The maximum Gasteiger partial charge on any atom is 0.251 e. The van der Waals surface area contributed by atoms with Gasteiger partial charge in [-0.3, -0.25) is 9.36 Å². The molecule has 4 aromatic rings. The standard InChI is InChI=1S/C25H25FN4O2/c1-16-13-30(24-27-11-18(12-28-24)20-6-4-5-7-21(20)26)22-10-17(8-9-19(16)22)23(32)29-14-25(2,3)15-31/h4-13,31H,14-15H2,1-3H3,(H,29,32). The number of nitrogens with one attached hydrogen (secondary N) is 1. The second kappa shape index (κ2) is 8.51. The summed E-state index contributed by atoms with van der Waals surface area (Å²) in [5.74, 6) is -0.108. The Balaban J connectivity index is 1.67. The molecule has 0 saturated heterocycles. The molecule has 2 aromatic carbocycles. The van der Waals surface area contributed by atoms with E-state index in [0.29, 0.717) is 29.2 Å². The van der Waals surface area contributed by atoms with E-state index in [9.17, 15) is 14.3 Å². The lowest BCUT2D eigenvalue weighted by Gasteiger charge is -2.21. The molecule has 4 rings (SSSR count). The number of aromatic nitrogens is 3. The van der Waals surface area contributed by atoms with Crippen molar-refractivity contribution in [2.45, 2.75) is 20.8 Å². The number of carbonyl (C=O) groups excluding carboxylic acids is 1. The average Bonchev–Trinajstić information content (AvgIpc) is 3.14. The maximum atomic E-state index is 14.1. The van der Waals surface area contributed by atoms with Crippen molar-refractivity contribution in [3.63, 3.8) is 0 Å². The van der Waals surface area contributed by atoms with Crippen molar-refractivity contribution in [3.8, 4) is 17.1 Å². The van der Waals surface area contributed by atoms with Gasteiger partial charge in [-0.15, -0.1) is 0 Å². The summed E-state index contributed by atoms with van der Waals surface area (Å²) in [5.41, 5.74) is 2.97. The van der Waals surface area contributed by atoms with Crippen LogP contribution in [0.4, 0.5) is 4.39 Å². The molecule has 2 heterocycles. The Morgan fingerprint density at radius 3 is 2.56 bits per heavy atom. The topological polar surface area (TPSA) is 80.0 Å². The average molecular weight is 432 g/mol. The molecule has 7 heteroatoms. The number of carbonyl (C=O) groups is 1. The van der Waals surface area contributed by atoms with Crippen LogP contribution in [-0.2, 0) is 0 Å². The van der Waals surface area contributed by atoms with E-state index >= 15 is 0 Å². The van der Waals surface area contributed by atoms with Crippen LogP contribution in [0.5, 0.6) is 0 Å². The number of nitrogens with zero attached hydrogens (tertiary/aromatic N) is 3. The highest BCUT2D eigenvalue weighted by atomic mass is 19.1. The van der Waals surface area contributed by atoms with Crippen molar-refractivity contribution in [2.24, 2.45) is 5.41 Å². The van der Waals surface area contributed by atoms with Gasteiger partial charge < -0.3 is 10.4 Å². The van der Waals surface area contributed by atoms with Gasteiger partial charge in [0.1, 0.15) is 5.82 Å². The predicted octanol–water partition coefficient (Wildman–Crippen LogP) is 4.28. The Morgan fingerprint density at radius 2 is 1.88 bits per heavy atom. The van der Waals surface area contributed by atoms with E-state index < -0.39 is 5.41 Å². The van der Waals surface area contributed by atoms with Crippen LogP contribution in [0.2, 0.25) is 0 Å². The molecule has 0 saturated carbocycles. The fraction of sp³-hybridized carbons (Fsp3) is 0.240. The minimum Gasteiger partial charge on any atom is -0.396 e. The molecule has 0 spiro atoms. The molecule has 2 N–H and O–H groups in total. The third-order valence-corrected chi connectivity index (χ3v) is 5.46. The molecule has 0 aliphatic rings. The first-order valence-corrected chi connectivity index (χ1v) is 10.4. The number of rotatable bonds is 6. The molecule has 0 bridgehead atoms. The van der Waals surface area contributed by atoms with Crippen LogP contribution in [0.25, 0.3) is 28.0 Å². The van der Waals surface area contributed by atoms with Crippen LogP contribution < -0.4 is 5.32 Å². The Kier molecular flexibility index (Phi) is 5.76. The van der Waals surface area contributed by atoms with Crippen LogP contribution >= 0.6 is 0 Å². The normalized spacial score (nSPS) is 11.7. The van der Waals surface area contributed by atoms with E-state index in [4.69, 9.17) is 0 Å². The van der Waals surface area contributed by atoms with E-state index in [-0.39, 0.29) is 18.3 Å². The largest absolute Gasteiger partial charge is 0.396 e. The lowest BCUT2D eigenvalue weighted by atomic mass is 9.95. The van der Waals surface area contributed by atoms with E-state index in [2.05, 4.69) is 15.3 Å². The summed E-state index contributed by atoms with van der Waals surface area (Å²) in [6.45, 7) is 6.09. The number of halogens is 1. The molecule has 2 aromatic heterocycles. The van der Waals surface area contributed by atoms with E-state index in [1.54, 1.807) is 42.7 Å². The minimum atomic E-state index is -0.398. The van der Waals surface area contributed by atoms with Crippen LogP contribution in [-0.4, -0.2) is 38.7 Å². The van der Waals surface area contributed by atoms with E-state index in [0.717, 1.165) is 16.5 Å². The zero-order valence-electron chi connectivity index (χ0n) is 18.3. The van der Waals surface area contributed by atoms with Crippen molar-refractivity contribution in [2.75, 3.05) is 13.2 Å². The summed E-state index contributed by atoms with van der Waals surface area (Å²) in [6.07, 6.45) is 5.10. The predicted molar refractivity (Wildman–Crippen MR) is 122 cm³/mol. The maximum absolute atomic E-state index is 14.1. The highest BCUT2D eigenvalue weighted by molar-refractivity contribution is 5.99. The summed E-state index contributed by atoms with van der Waals surface area (Å²) in [5, 5.41) is 13.3. The van der Waals surface area contributed by atoms with Crippen LogP contribution in [0, 0.1) is 18.2 Å². The molecule has 0 unspecified atom stereocenters. The number of benzene rings is 2. The first kappa shape index (κ1) is 21.6. The summed E-state index contributed by atoms with van der Waals surface area (Å²) < 4.78 is 15.9. The van der Waals surface area contributed by atoms with Gasteiger partial charge in [-0.05, 0) is 30.7 Å². The smallest absolute Gasteiger partial charge is 0.251 e. The first-order chi connectivity index (χ1) is 15.3. The molecular formula is C25H25FN4O2. The van der Waals surface area contributed by atoms with Gasteiger partial charge in [0.25, 0.3) is 5.91 Å². The number of hydrogen-bond acceptors (Lipinski definition) is 4. The number of aliphatic hydroxyl groups is 1. The van der Waals surface area contributed by atoms with Crippen LogP contribution in [0.1, 0.15) is 29.8 Å². The third-order valence-electron chi connectivity index (χ3n) is 5.46.